The third kappa shape index (κ3) is 2.86. The summed E-state index contributed by atoms with van der Waals surface area (Å²) in [7, 11) is 1.66. The highest BCUT2D eigenvalue weighted by molar-refractivity contribution is 5.02. The molecule has 1 heterocycles. The van der Waals surface area contributed by atoms with E-state index in [4.69, 9.17) is 9.15 Å². The van der Waals surface area contributed by atoms with Crippen LogP contribution in [-0.2, 0) is 4.74 Å². The van der Waals surface area contributed by atoms with E-state index in [9.17, 15) is 5.11 Å². The van der Waals surface area contributed by atoms with Gasteiger partial charge in [-0.15, -0.1) is 0 Å². The van der Waals surface area contributed by atoms with E-state index in [1.165, 1.54) is 0 Å². The minimum atomic E-state index is -0.523. The number of furan rings is 1. The van der Waals surface area contributed by atoms with Gasteiger partial charge in [0.2, 0.25) is 0 Å². The van der Waals surface area contributed by atoms with Crippen LogP contribution in [0.25, 0.3) is 0 Å². The fourth-order valence-electron chi connectivity index (χ4n) is 1.20. The summed E-state index contributed by atoms with van der Waals surface area (Å²) in [6, 6.07) is 3.57. The maximum Gasteiger partial charge on any atom is 0.132 e. The first-order valence-corrected chi connectivity index (χ1v) is 4.46. The molecule has 3 nitrogen and oxygen atoms in total. The standard InChI is InChI=1S/C10H16O3/c1-8(5-7-12-2)10(11)9-4-3-6-13-9/h3-4,6,8,10-11H,5,7H2,1-2H3. The highest BCUT2D eigenvalue weighted by atomic mass is 16.5. The van der Waals surface area contributed by atoms with Crippen LogP contribution in [0.2, 0.25) is 0 Å². The van der Waals surface area contributed by atoms with E-state index >= 15 is 0 Å². The van der Waals surface area contributed by atoms with Crippen molar-refractivity contribution in [2.24, 2.45) is 5.92 Å². The van der Waals surface area contributed by atoms with Crippen molar-refractivity contribution in [3.63, 3.8) is 0 Å². The summed E-state index contributed by atoms with van der Waals surface area (Å²) in [6.07, 6.45) is 1.88. The van der Waals surface area contributed by atoms with Crippen LogP contribution < -0.4 is 0 Å². The van der Waals surface area contributed by atoms with Gasteiger partial charge in [-0.25, -0.2) is 0 Å². The first-order valence-electron chi connectivity index (χ1n) is 4.46. The lowest BCUT2D eigenvalue weighted by Gasteiger charge is -2.15. The third-order valence-corrected chi connectivity index (χ3v) is 2.15. The predicted molar refractivity (Wildman–Crippen MR) is 49.3 cm³/mol. The quantitative estimate of drug-likeness (QED) is 0.760. The highest BCUT2D eigenvalue weighted by Crippen LogP contribution is 2.24. The number of methoxy groups -OCH3 is 1. The first-order chi connectivity index (χ1) is 6.25. The zero-order chi connectivity index (χ0) is 9.68. The topological polar surface area (TPSA) is 42.6 Å². The number of hydrogen-bond donors (Lipinski definition) is 1. The SMILES string of the molecule is COCCC(C)C(O)c1ccco1. The Balaban J connectivity index is 2.43. The Morgan fingerprint density at radius 2 is 2.38 bits per heavy atom. The molecule has 0 fully saturated rings. The van der Waals surface area contributed by atoms with Crippen LogP contribution in [0.3, 0.4) is 0 Å². The van der Waals surface area contributed by atoms with Crippen LogP contribution in [0.4, 0.5) is 0 Å². The lowest BCUT2D eigenvalue weighted by molar-refractivity contribution is 0.0715. The summed E-state index contributed by atoms with van der Waals surface area (Å²) < 4.78 is 10.0. The van der Waals surface area contributed by atoms with Gasteiger partial charge in [-0.1, -0.05) is 6.92 Å². The summed E-state index contributed by atoms with van der Waals surface area (Å²) in [5, 5.41) is 9.76. The van der Waals surface area contributed by atoms with E-state index in [2.05, 4.69) is 0 Å². The molecule has 1 aromatic heterocycles. The third-order valence-electron chi connectivity index (χ3n) is 2.15. The molecular weight excluding hydrogens is 168 g/mol. The molecule has 0 aliphatic rings. The van der Waals surface area contributed by atoms with Gasteiger partial charge in [0.15, 0.2) is 0 Å². The molecule has 1 N–H and O–H groups in total. The minimum Gasteiger partial charge on any atom is -0.467 e. The zero-order valence-electron chi connectivity index (χ0n) is 8.06. The Hall–Kier alpha value is -0.800. The molecule has 1 aromatic rings. The molecule has 2 unspecified atom stereocenters. The number of aliphatic hydroxyl groups is 1. The van der Waals surface area contributed by atoms with Gasteiger partial charge in [-0.3, -0.25) is 0 Å². The van der Waals surface area contributed by atoms with Crippen LogP contribution in [0.5, 0.6) is 0 Å². The molecule has 2 atom stereocenters. The second-order valence-corrected chi connectivity index (χ2v) is 3.22. The molecule has 0 aliphatic carbocycles. The van der Waals surface area contributed by atoms with Gasteiger partial charge >= 0.3 is 0 Å². The van der Waals surface area contributed by atoms with Gasteiger partial charge < -0.3 is 14.3 Å². The van der Waals surface area contributed by atoms with Gasteiger partial charge in [0.1, 0.15) is 11.9 Å². The van der Waals surface area contributed by atoms with Gasteiger partial charge in [-0.05, 0) is 24.5 Å². The van der Waals surface area contributed by atoms with Crippen LogP contribution in [0, 0.1) is 5.92 Å². The maximum absolute atomic E-state index is 9.76. The Bertz CT molecular complexity index is 218. The van der Waals surface area contributed by atoms with Gasteiger partial charge in [0.05, 0.1) is 6.26 Å². The Morgan fingerprint density at radius 1 is 1.62 bits per heavy atom. The van der Waals surface area contributed by atoms with Crippen molar-refractivity contribution < 1.29 is 14.3 Å². The lowest BCUT2D eigenvalue weighted by Crippen LogP contribution is -2.10. The van der Waals surface area contributed by atoms with Crippen LogP contribution in [-0.4, -0.2) is 18.8 Å². The monoisotopic (exact) mass is 184 g/mol. The van der Waals surface area contributed by atoms with Crippen LogP contribution in [0.15, 0.2) is 22.8 Å². The minimum absolute atomic E-state index is 0.158. The summed E-state index contributed by atoms with van der Waals surface area (Å²) >= 11 is 0. The number of ether oxygens (including phenoxy) is 1. The van der Waals surface area contributed by atoms with Gasteiger partial charge in [-0.2, -0.15) is 0 Å². The molecule has 13 heavy (non-hydrogen) atoms. The maximum atomic E-state index is 9.76. The average molecular weight is 184 g/mol. The van der Waals surface area contributed by atoms with Crippen molar-refractivity contribution in [3.8, 4) is 0 Å². The number of hydrogen-bond acceptors (Lipinski definition) is 3. The smallest absolute Gasteiger partial charge is 0.132 e. The lowest BCUT2D eigenvalue weighted by atomic mass is 10.00. The molecule has 3 heteroatoms. The van der Waals surface area contributed by atoms with Gasteiger partial charge in [0, 0.05) is 13.7 Å². The van der Waals surface area contributed by atoms with Crippen molar-refractivity contribution in [2.75, 3.05) is 13.7 Å². The van der Waals surface area contributed by atoms with Crippen molar-refractivity contribution in [1.29, 1.82) is 0 Å². The zero-order valence-corrected chi connectivity index (χ0v) is 8.06. The van der Waals surface area contributed by atoms with E-state index in [-0.39, 0.29) is 5.92 Å². The fraction of sp³-hybridized carbons (Fsp3) is 0.600. The normalized spacial score (nSPS) is 15.6. The molecule has 0 radical (unpaired) electrons. The molecule has 0 aromatic carbocycles. The van der Waals surface area contributed by atoms with Crippen molar-refractivity contribution in [2.45, 2.75) is 19.4 Å². The van der Waals surface area contributed by atoms with Crippen LogP contribution >= 0.6 is 0 Å². The van der Waals surface area contributed by atoms with E-state index in [1.807, 2.05) is 6.92 Å². The van der Waals surface area contributed by atoms with E-state index in [0.29, 0.717) is 12.4 Å². The largest absolute Gasteiger partial charge is 0.467 e. The second kappa shape index (κ2) is 5.04. The molecule has 0 saturated heterocycles. The van der Waals surface area contributed by atoms with Gasteiger partial charge in [0.25, 0.3) is 0 Å². The van der Waals surface area contributed by atoms with E-state index < -0.39 is 6.10 Å². The number of aliphatic hydroxyl groups excluding tert-OH is 1. The molecule has 0 bridgehead atoms. The second-order valence-electron chi connectivity index (χ2n) is 3.22. The summed E-state index contributed by atoms with van der Waals surface area (Å²) in [5.41, 5.74) is 0. The van der Waals surface area contributed by atoms with E-state index in [0.717, 1.165) is 6.42 Å². The molecule has 0 aliphatic heterocycles. The number of rotatable bonds is 5. The molecule has 74 valence electrons. The molecular formula is C10H16O3. The van der Waals surface area contributed by atoms with Crippen molar-refractivity contribution >= 4 is 0 Å². The van der Waals surface area contributed by atoms with E-state index in [1.54, 1.807) is 25.5 Å². The highest BCUT2D eigenvalue weighted by Gasteiger charge is 2.18. The first kappa shape index (κ1) is 10.3. The summed E-state index contributed by atoms with van der Waals surface area (Å²) in [4.78, 5) is 0. The Labute approximate surface area is 78.3 Å². The fourth-order valence-corrected chi connectivity index (χ4v) is 1.20. The summed E-state index contributed by atoms with van der Waals surface area (Å²) in [6.45, 7) is 2.64. The molecule has 0 saturated carbocycles. The summed E-state index contributed by atoms with van der Waals surface area (Å²) in [5.74, 6) is 0.787. The molecule has 1 rings (SSSR count). The molecule has 0 spiro atoms. The van der Waals surface area contributed by atoms with Crippen molar-refractivity contribution in [3.05, 3.63) is 24.2 Å². The Morgan fingerprint density at radius 3 is 2.92 bits per heavy atom. The van der Waals surface area contributed by atoms with Crippen LogP contribution in [0.1, 0.15) is 25.2 Å². The average Bonchev–Trinajstić information content (AvgIpc) is 2.65. The van der Waals surface area contributed by atoms with Crippen molar-refractivity contribution in [1.82, 2.24) is 0 Å². The Kier molecular flexibility index (Phi) is 3.99. The predicted octanol–water partition coefficient (Wildman–Crippen LogP) is 1.99. The molecule has 0 amide bonds.